The van der Waals surface area contributed by atoms with E-state index >= 15 is 0 Å². The molecule has 14 heteroatoms. The zero-order chi connectivity index (χ0) is 30.8. The zero-order valence-corrected chi connectivity index (χ0v) is 23.1. The van der Waals surface area contributed by atoms with Crippen molar-refractivity contribution in [1.29, 1.82) is 0 Å². The number of anilines is 1. The molecule has 0 saturated carbocycles. The van der Waals surface area contributed by atoms with Crippen LogP contribution < -0.4 is 10.5 Å². The summed E-state index contributed by atoms with van der Waals surface area (Å²) in [6.45, 7) is 4.05. The maximum absolute atomic E-state index is 14.7. The first-order chi connectivity index (χ1) is 19.8. The van der Waals surface area contributed by atoms with Crippen molar-refractivity contribution in [2.24, 2.45) is 0 Å². The number of aromatic nitrogens is 2. The van der Waals surface area contributed by atoms with Gasteiger partial charge in [-0.15, -0.1) is 11.3 Å². The molecule has 42 heavy (non-hydrogen) atoms. The number of thiophene rings is 1. The van der Waals surface area contributed by atoms with E-state index in [-0.39, 0.29) is 23.6 Å². The Labute approximate surface area is 240 Å². The van der Waals surface area contributed by atoms with Gasteiger partial charge in [0.25, 0.3) is 11.5 Å². The van der Waals surface area contributed by atoms with Gasteiger partial charge in [-0.3, -0.25) is 14.4 Å². The lowest BCUT2D eigenvalue weighted by Crippen LogP contribution is -2.52. The quantitative estimate of drug-likeness (QED) is 0.332. The first kappa shape index (κ1) is 30.4. The molecular formula is C28H24F4N4O5S. The van der Waals surface area contributed by atoms with Gasteiger partial charge in [-0.25, -0.2) is 14.3 Å². The maximum atomic E-state index is 14.7. The molecule has 0 bridgehead atoms. The summed E-state index contributed by atoms with van der Waals surface area (Å²) in [5.41, 5.74) is 3.18. The molecule has 1 aliphatic rings. The van der Waals surface area contributed by atoms with Gasteiger partial charge in [0, 0.05) is 40.5 Å². The summed E-state index contributed by atoms with van der Waals surface area (Å²) in [6, 6.07) is 12.2. The van der Waals surface area contributed by atoms with Gasteiger partial charge >= 0.3 is 12.1 Å². The number of halogens is 4. The molecule has 4 aromatic rings. The Kier molecular flexibility index (Phi) is 8.75. The van der Waals surface area contributed by atoms with Gasteiger partial charge in [0.05, 0.1) is 16.9 Å². The molecule has 2 aromatic heterocycles. The molecule has 0 radical (unpaired) electrons. The topological polar surface area (TPSA) is 124 Å². The van der Waals surface area contributed by atoms with Gasteiger partial charge in [0.2, 0.25) is 5.91 Å². The summed E-state index contributed by atoms with van der Waals surface area (Å²) in [5.74, 6) is -4.12. The Balaban J connectivity index is 0.000000517. The molecule has 1 aliphatic heterocycles. The highest BCUT2D eigenvalue weighted by Gasteiger charge is 2.38. The van der Waals surface area contributed by atoms with E-state index in [9.17, 15) is 31.9 Å². The molecule has 1 saturated heterocycles. The summed E-state index contributed by atoms with van der Waals surface area (Å²) in [4.78, 5) is 49.9. The number of fused-ring (bicyclic) bond motifs is 1. The number of aliphatic carboxylic acids is 1. The number of rotatable bonds is 4. The predicted molar refractivity (Wildman–Crippen MR) is 147 cm³/mol. The second kappa shape index (κ2) is 12.1. The number of piperazine rings is 1. The molecule has 0 unspecified atom stereocenters. The van der Waals surface area contributed by atoms with Crippen molar-refractivity contribution in [3.63, 3.8) is 0 Å². The molecule has 0 spiro atoms. The molecule has 2 N–H and O–H groups in total. The van der Waals surface area contributed by atoms with E-state index in [1.54, 1.807) is 29.2 Å². The van der Waals surface area contributed by atoms with E-state index in [4.69, 9.17) is 9.90 Å². The van der Waals surface area contributed by atoms with Crippen molar-refractivity contribution < 1.29 is 37.1 Å². The average molecular weight is 605 g/mol. The van der Waals surface area contributed by atoms with Crippen LogP contribution >= 0.6 is 11.3 Å². The van der Waals surface area contributed by atoms with Crippen molar-refractivity contribution in [3.8, 4) is 0 Å². The number of carboxylic acid groups (broad SMARTS) is 1. The third-order valence-corrected chi connectivity index (χ3v) is 7.71. The minimum absolute atomic E-state index is 0.0801. The molecule has 1 fully saturated rings. The largest absolute Gasteiger partial charge is 0.490 e. The van der Waals surface area contributed by atoms with Crippen LogP contribution in [0.1, 0.15) is 32.7 Å². The summed E-state index contributed by atoms with van der Waals surface area (Å²) < 4.78 is 47.5. The molecule has 9 nitrogen and oxygen atoms in total. The van der Waals surface area contributed by atoms with Gasteiger partial charge in [0.1, 0.15) is 12.4 Å². The summed E-state index contributed by atoms with van der Waals surface area (Å²) in [6.07, 6.45) is -4.75. The van der Waals surface area contributed by atoms with E-state index in [0.29, 0.717) is 36.3 Å². The summed E-state index contributed by atoms with van der Waals surface area (Å²) in [5, 5.41) is 16.7. The van der Waals surface area contributed by atoms with Crippen molar-refractivity contribution in [1.82, 2.24) is 15.1 Å². The smallest absolute Gasteiger partial charge is 0.475 e. The molecule has 2 amide bonds. The number of nitrogens with zero attached hydrogens (tertiary/aromatic N) is 3. The Morgan fingerprint density at radius 2 is 1.76 bits per heavy atom. The zero-order valence-electron chi connectivity index (χ0n) is 22.3. The number of H-pyrrole nitrogens is 1. The molecule has 220 valence electrons. The number of nitrogens with one attached hydrogen (secondary N) is 1. The molecule has 3 heterocycles. The monoisotopic (exact) mass is 604 g/mol. The van der Waals surface area contributed by atoms with Gasteiger partial charge in [-0.05, 0) is 43.2 Å². The van der Waals surface area contributed by atoms with Crippen LogP contribution in [0.4, 0.5) is 23.2 Å². The fourth-order valence-electron chi connectivity index (χ4n) is 4.33. The minimum Gasteiger partial charge on any atom is -0.475 e. The highest BCUT2D eigenvalue weighted by molar-refractivity contribution is 7.17. The van der Waals surface area contributed by atoms with Crippen LogP contribution in [0, 0.1) is 19.7 Å². The van der Waals surface area contributed by atoms with Crippen molar-refractivity contribution in [2.75, 3.05) is 24.5 Å². The summed E-state index contributed by atoms with van der Waals surface area (Å²) in [7, 11) is 0. The standard InChI is InChI=1S/C26H23FN4O3S.C2HF3O2/c1-15-16(2)25(33)29-28-21(15)12-17-7-8-20(27)19(11-17)26(34)30-9-10-31(24(32)13-30)22-14-35-23-6-4-3-5-18(22)23;3-2(4,5)1(6)7/h3-8,11,14H,9-10,12-13H2,1-2H3,(H,29,33);(H,6,7). The number of carboxylic acids is 1. The first-order valence-electron chi connectivity index (χ1n) is 12.5. The molecule has 5 rings (SSSR count). The molecule has 0 aliphatic carbocycles. The van der Waals surface area contributed by atoms with Gasteiger partial charge < -0.3 is 14.9 Å². The number of alkyl halides is 3. The van der Waals surface area contributed by atoms with E-state index < -0.39 is 23.9 Å². The Hall–Kier alpha value is -4.59. The van der Waals surface area contributed by atoms with Crippen molar-refractivity contribution >= 4 is 44.9 Å². The lowest BCUT2D eigenvalue weighted by Gasteiger charge is -2.34. The number of amides is 2. The van der Waals surface area contributed by atoms with Crippen LogP contribution in [-0.4, -0.2) is 63.8 Å². The van der Waals surface area contributed by atoms with Crippen LogP contribution in [-0.2, 0) is 16.0 Å². The Bertz CT molecular complexity index is 1730. The summed E-state index contributed by atoms with van der Waals surface area (Å²) >= 11 is 1.57. The van der Waals surface area contributed by atoms with Crippen LogP contribution in [0.5, 0.6) is 0 Å². The number of hydrogen-bond donors (Lipinski definition) is 2. The van der Waals surface area contributed by atoms with E-state index in [0.717, 1.165) is 21.3 Å². The van der Waals surface area contributed by atoms with E-state index in [2.05, 4.69) is 10.2 Å². The number of benzene rings is 2. The second-order valence-electron chi connectivity index (χ2n) is 9.43. The number of carbonyl (C=O) groups is 3. The number of hydrogen-bond acceptors (Lipinski definition) is 6. The number of carbonyl (C=O) groups excluding carboxylic acids is 2. The Morgan fingerprint density at radius 1 is 1.07 bits per heavy atom. The van der Waals surface area contributed by atoms with Crippen LogP contribution in [0.25, 0.3) is 10.1 Å². The third-order valence-electron chi connectivity index (χ3n) is 6.76. The molecular weight excluding hydrogens is 580 g/mol. The van der Waals surface area contributed by atoms with Crippen LogP contribution in [0.3, 0.4) is 0 Å². The normalized spacial score (nSPS) is 13.6. The fraction of sp³-hybridized carbons (Fsp3) is 0.250. The molecule has 0 atom stereocenters. The van der Waals surface area contributed by atoms with Gasteiger partial charge in [-0.2, -0.15) is 18.3 Å². The SMILES string of the molecule is Cc1c(Cc2ccc(F)c(C(=O)N3CCN(c4csc5ccccc45)C(=O)C3)c2)n[nH]c(=O)c1C.O=C(O)C(F)(F)F. The third kappa shape index (κ3) is 6.48. The van der Waals surface area contributed by atoms with E-state index in [1.165, 1.54) is 17.0 Å². The first-order valence-corrected chi connectivity index (χ1v) is 13.3. The number of aromatic amines is 1. The van der Waals surface area contributed by atoms with Crippen molar-refractivity contribution in [2.45, 2.75) is 26.4 Å². The van der Waals surface area contributed by atoms with Gasteiger partial charge in [-0.1, -0.05) is 24.3 Å². The lowest BCUT2D eigenvalue weighted by atomic mass is 10.0. The second-order valence-corrected chi connectivity index (χ2v) is 10.3. The van der Waals surface area contributed by atoms with Gasteiger partial charge in [0.15, 0.2) is 0 Å². The molecule has 2 aromatic carbocycles. The Morgan fingerprint density at radius 3 is 2.43 bits per heavy atom. The lowest BCUT2D eigenvalue weighted by molar-refractivity contribution is -0.192. The van der Waals surface area contributed by atoms with Crippen LogP contribution in [0.15, 0.2) is 52.6 Å². The predicted octanol–water partition coefficient (Wildman–Crippen LogP) is 4.45. The van der Waals surface area contributed by atoms with Crippen LogP contribution in [0.2, 0.25) is 0 Å². The van der Waals surface area contributed by atoms with E-state index in [1.807, 2.05) is 36.6 Å². The fourth-order valence-corrected chi connectivity index (χ4v) is 5.28. The maximum Gasteiger partial charge on any atom is 0.490 e. The highest BCUT2D eigenvalue weighted by Crippen LogP contribution is 2.33. The minimum atomic E-state index is -5.08. The van der Waals surface area contributed by atoms with Crippen molar-refractivity contribution in [3.05, 3.63) is 92.0 Å². The highest BCUT2D eigenvalue weighted by atomic mass is 32.1. The average Bonchev–Trinajstić information content (AvgIpc) is 3.37.